The second kappa shape index (κ2) is 6.32. The van der Waals surface area contributed by atoms with Crippen molar-refractivity contribution in [3.63, 3.8) is 0 Å². The first-order chi connectivity index (χ1) is 7.50. The molecule has 1 fully saturated rings. The lowest BCUT2D eigenvalue weighted by molar-refractivity contribution is -0.122. The van der Waals surface area contributed by atoms with Crippen LogP contribution in [0.2, 0.25) is 0 Å². The largest absolute Gasteiger partial charge is 0.392 e. The molecule has 0 saturated carbocycles. The van der Waals surface area contributed by atoms with Gasteiger partial charge in [0.15, 0.2) is 0 Å². The summed E-state index contributed by atoms with van der Waals surface area (Å²) in [6, 6.07) is -0.280. The molecule has 16 heavy (non-hydrogen) atoms. The Kier molecular flexibility index (Phi) is 5.37. The zero-order valence-electron chi connectivity index (χ0n) is 9.73. The third-order valence-corrected chi connectivity index (χ3v) is 4.21. The molecular formula is C10H20N2O3S. The van der Waals surface area contributed by atoms with Crippen LogP contribution in [-0.4, -0.2) is 52.0 Å². The predicted octanol–water partition coefficient (Wildman–Crippen LogP) is -1.02. The number of β-amino-alcohol motifs (C(OH)–C–C–N with tert-alkyl or cyclic N) is 1. The van der Waals surface area contributed by atoms with Gasteiger partial charge >= 0.3 is 0 Å². The number of amides is 1. The molecule has 1 rings (SSSR count). The third-order valence-electron chi connectivity index (χ3n) is 2.84. The minimum absolute atomic E-state index is 0.0781. The molecule has 1 amide bonds. The molecular weight excluding hydrogens is 228 g/mol. The van der Waals surface area contributed by atoms with E-state index in [4.69, 9.17) is 0 Å². The Balaban J connectivity index is 2.18. The van der Waals surface area contributed by atoms with Crippen molar-refractivity contribution in [1.82, 2.24) is 10.6 Å². The summed E-state index contributed by atoms with van der Waals surface area (Å²) in [6.07, 6.45) is 2.44. The summed E-state index contributed by atoms with van der Waals surface area (Å²) in [7, 11) is -0.840. The number of aliphatic hydroxyl groups is 1. The van der Waals surface area contributed by atoms with Crippen LogP contribution in [0.1, 0.15) is 19.8 Å². The van der Waals surface area contributed by atoms with E-state index < -0.39 is 16.9 Å². The van der Waals surface area contributed by atoms with Gasteiger partial charge in [-0.15, -0.1) is 0 Å². The monoisotopic (exact) mass is 248 g/mol. The highest BCUT2D eigenvalue weighted by molar-refractivity contribution is 7.84. The Bertz CT molecular complexity index is 273. The van der Waals surface area contributed by atoms with Crippen molar-refractivity contribution >= 4 is 16.7 Å². The van der Waals surface area contributed by atoms with Crippen LogP contribution in [0.4, 0.5) is 0 Å². The van der Waals surface area contributed by atoms with E-state index in [-0.39, 0.29) is 17.2 Å². The van der Waals surface area contributed by atoms with E-state index in [1.54, 1.807) is 6.26 Å². The molecule has 1 heterocycles. The summed E-state index contributed by atoms with van der Waals surface area (Å²) in [6.45, 7) is 2.92. The first kappa shape index (κ1) is 13.6. The van der Waals surface area contributed by atoms with Crippen molar-refractivity contribution in [2.24, 2.45) is 0 Å². The number of aliphatic hydroxyl groups excluding tert-OH is 1. The van der Waals surface area contributed by atoms with Crippen LogP contribution in [0.15, 0.2) is 0 Å². The van der Waals surface area contributed by atoms with Gasteiger partial charge in [0.05, 0.1) is 12.1 Å². The normalized spacial score (nSPS) is 28.7. The molecule has 0 aromatic carbocycles. The van der Waals surface area contributed by atoms with Crippen LogP contribution in [0.3, 0.4) is 0 Å². The fourth-order valence-electron chi connectivity index (χ4n) is 1.60. The Morgan fingerprint density at radius 3 is 2.88 bits per heavy atom. The predicted molar refractivity (Wildman–Crippen MR) is 63.6 cm³/mol. The van der Waals surface area contributed by atoms with Gasteiger partial charge in [0, 0.05) is 35.4 Å². The molecule has 1 aliphatic heterocycles. The standard InChI is InChI=1S/C10H20N2O3S/c1-7(16(2)15)3-4-11-10(14)9-5-8(13)6-12-9/h7-9,12-13H,3-6H2,1-2H3,(H,11,14). The van der Waals surface area contributed by atoms with Crippen molar-refractivity contribution in [2.45, 2.75) is 37.2 Å². The van der Waals surface area contributed by atoms with E-state index in [9.17, 15) is 14.1 Å². The highest BCUT2D eigenvalue weighted by atomic mass is 32.2. The maximum atomic E-state index is 11.6. The van der Waals surface area contributed by atoms with Gasteiger partial charge in [-0.05, 0) is 12.8 Å². The number of hydrogen-bond acceptors (Lipinski definition) is 4. The number of rotatable bonds is 5. The van der Waals surface area contributed by atoms with Crippen LogP contribution in [0, 0.1) is 0 Å². The van der Waals surface area contributed by atoms with Crippen LogP contribution < -0.4 is 10.6 Å². The van der Waals surface area contributed by atoms with Gasteiger partial charge in [-0.1, -0.05) is 6.92 Å². The fraction of sp³-hybridized carbons (Fsp3) is 0.900. The average Bonchev–Trinajstić information content (AvgIpc) is 2.64. The van der Waals surface area contributed by atoms with Crippen LogP contribution >= 0.6 is 0 Å². The lowest BCUT2D eigenvalue weighted by Gasteiger charge is -2.12. The first-order valence-corrected chi connectivity index (χ1v) is 7.14. The van der Waals surface area contributed by atoms with Crippen molar-refractivity contribution in [2.75, 3.05) is 19.3 Å². The molecule has 4 unspecified atom stereocenters. The average molecular weight is 248 g/mol. The highest BCUT2D eigenvalue weighted by Gasteiger charge is 2.27. The Labute approximate surface area is 98.4 Å². The SMILES string of the molecule is CC(CCNC(=O)C1CC(O)CN1)S(C)=O. The van der Waals surface area contributed by atoms with Crippen molar-refractivity contribution < 1.29 is 14.1 Å². The van der Waals surface area contributed by atoms with Crippen molar-refractivity contribution in [3.8, 4) is 0 Å². The summed E-state index contributed by atoms with van der Waals surface area (Å²) in [5, 5.41) is 15.1. The fourth-order valence-corrected chi connectivity index (χ4v) is 2.05. The highest BCUT2D eigenvalue weighted by Crippen LogP contribution is 2.06. The van der Waals surface area contributed by atoms with Crippen molar-refractivity contribution in [1.29, 1.82) is 0 Å². The van der Waals surface area contributed by atoms with Gasteiger partial charge < -0.3 is 15.7 Å². The first-order valence-electron chi connectivity index (χ1n) is 5.52. The second-order valence-electron chi connectivity index (χ2n) is 4.24. The molecule has 1 saturated heterocycles. The summed E-state index contributed by atoms with van der Waals surface area (Å²) in [4.78, 5) is 11.6. The summed E-state index contributed by atoms with van der Waals surface area (Å²) in [5.74, 6) is -0.0781. The molecule has 0 aromatic rings. The maximum Gasteiger partial charge on any atom is 0.237 e. The van der Waals surface area contributed by atoms with Crippen LogP contribution in [-0.2, 0) is 15.6 Å². The topological polar surface area (TPSA) is 78.4 Å². The molecule has 0 spiro atoms. The maximum absolute atomic E-state index is 11.6. The minimum Gasteiger partial charge on any atom is -0.392 e. The summed E-state index contributed by atoms with van der Waals surface area (Å²) in [5.41, 5.74) is 0. The Morgan fingerprint density at radius 2 is 2.38 bits per heavy atom. The summed E-state index contributed by atoms with van der Waals surface area (Å²) < 4.78 is 11.1. The smallest absolute Gasteiger partial charge is 0.237 e. The van der Waals surface area contributed by atoms with Gasteiger partial charge in [-0.2, -0.15) is 0 Å². The van der Waals surface area contributed by atoms with Gasteiger partial charge in [0.2, 0.25) is 5.91 Å². The van der Waals surface area contributed by atoms with Gasteiger partial charge in [0.25, 0.3) is 0 Å². The van der Waals surface area contributed by atoms with Gasteiger partial charge in [-0.25, -0.2) is 0 Å². The Hall–Kier alpha value is -0.460. The zero-order valence-corrected chi connectivity index (χ0v) is 10.5. The van der Waals surface area contributed by atoms with E-state index >= 15 is 0 Å². The lowest BCUT2D eigenvalue weighted by atomic mass is 10.2. The van der Waals surface area contributed by atoms with E-state index in [2.05, 4.69) is 10.6 Å². The quantitative estimate of drug-likeness (QED) is 0.582. The number of carbonyl (C=O) groups is 1. The van der Waals surface area contributed by atoms with E-state index in [1.165, 1.54) is 0 Å². The van der Waals surface area contributed by atoms with E-state index in [1.807, 2.05) is 6.92 Å². The van der Waals surface area contributed by atoms with Gasteiger partial charge in [0.1, 0.15) is 0 Å². The Morgan fingerprint density at radius 1 is 1.69 bits per heavy atom. The number of hydrogen-bond donors (Lipinski definition) is 3. The van der Waals surface area contributed by atoms with E-state index in [0.717, 1.165) is 0 Å². The molecule has 6 heteroatoms. The van der Waals surface area contributed by atoms with Crippen molar-refractivity contribution in [3.05, 3.63) is 0 Å². The lowest BCUT2D eigenvalue weighted by Crippen LogP contribution is -2.41. The number of carbonyl (C=O) groups excluding carboxylic acids is 1. The summed E-state index contributed by atoms with van der Waals surface area (Å²) >= 11 is 0. The molecule has 4 atom stereocenters. The van der Waals surface area contributed by atoms with E-state index in [0.29, 0.717) is 25.9 Å². The minimum atomic E-state index is -0.840. The molecule has 1 aliphatic rings. The molecule has 0 aliphatic carbocycles. The second-order valence-corrected chi connectivity index (χ2v) is 6.04. The number of nitrogens with one attached hydrogen (secondary N) is 2. The zero-order chi connectivity index (χ0) is 12.1. The molecule has 0 aromatic heterocycles. The van der Waals surface area contributed by atoms with Crippen LogP contribution in [0.5, 0.6) is 0 Å². The molecule has 0 bridgehead atoms. The third kappa shape index (κ3) is 4.19. The van der Waals surface area contributed by atoms with Crippen LogP contribution in [0.25, 0.3) is 0 Å². The molecule has 94 valence electrons. The van der Waals surface area contributed by atoms with Gasteiger partial charge in [-0.3, -0.25) is 9.00 Å². The molecule has 0 radical (unpaired) electrons. The molecule has 3 N–H and O–H groups in total. The molecule has 5 nitrogen and oxygen atoms in total.